The first-order chi connectivity index (χ1) is 16.0. The lowest BCUT2D eigenvalue weighted by molar-refractivity contribution is -0.142. The zero-order valence-corrected chi connectivity index (χ0v) is 17.7. The average molecular weight is 445 g/mol. The monoisotopic (exact) mass is 445 g/mol. The molecule has 2 aromatic heterocycles. The van der Waals surface area contributed by atoms with Gasteiger partial charge in [0.2, 0.25) is 5.91 Å². The van der Waals surface area contributed by atoms with E-state index < -0.39 is 23.8 Å². The lowest BCUT2D eigenvalue weighted by Crippen LogP contribution is -2.45. The van der Waals surface area contributed by atoms with Crippen molar-refractivity contribution in [1.82, 2.24) is 15.3 Å². The van der Waals surface area contributed by atoms with E-state index in [1.54, 1.807) is 18.3 Å². The number of nitrogens with zero attached hydrogens (tertiary/aromatic N) is 1. The fraction of sp³-hybridized carbons (Fsp3) is 0.200. The summed E-state index contributed by atoms with van der Waals surface area (Å²) in [7, 11) is 0. The van der Waals surface area contributed by atoms with Gasteiger partial charge in [-0.1, -0.05) is 48.5 Å². The third-order valence-corrected chi connectivity index (χ3v) is 5.41. The summed E-state index contributed by atoms with van der Waals surface area (Å²) in [5, 5.41) is 13.0. The summed E-state index contributed by atoms with van der Waals surface area (Å²) in [6, 6.07) is 17.1. The first-order valence-corrected chi connectivity index (χ1v) is 10.6. The maximum absolute atomic E-state index is 13.1. The standard InChI is InChI=1S/C25H23N3O5/c29-21(23-12-17-8-4-5-9-22(17)33-23)11-18(10-16-6-2-1-3-7-16)24(30)28-20(25(31)32)13-19-14-26-15-27-19/h1-9,12,14-15,18,20H,10-11,13H2,(H,26,27)(H,28,30)(H,31,32)/t18-,20+/m0/s1. The molecule has 0 aliphatic rings. The third kappa shape index (κ3) is 5.54. The number of H-pyrrole nitrogens is 1. The van der Waals surface area contributed by atoms with Crippen LogP contribution in [0, 0.1) is 5.92 Å². The summed E-state index contributed by atoms with van der Waals surface area (Å²) in [4.78, 5) is 44.7. The first-order valence-electron chi connectivity index (χ1n) is 10.6. The minimum atomic E-state index is -1.17. The van der Waals surface area contributed by atoms with Gasteiger partial charge in [-0.2, -0.15) is 0 Å². The average Bonchev–Trinajstić information content (AvgIpc) is 3.48. The summed E-state index contributed by atoms with van der Waals surface area (Å²) in [5.41, 5.74) is 1.98. The van der Waals surface area contributed by atoms with E-state index in [-0.39, 0.29) is 30.8 Å². The first kappa shape index (κ1) is 22.0. The second kappa shape index (κ2) is 9.95. The predicted molar refractivity (Wildman–Crippen MR) is 121 cm³/mol. The number of para-hydroxylation sites is 1. The van der Waals surface area contributed by atoms with Crippen molar-refractivity contribution in [1.29, 1.82) is 0 Å². The van der Waals surface area contributed by atoms with Crippen LogP contribution < -0.4 is 5.32 Å². The number of carboxylic acid groups (broad SMARTS) is 1. The Kier molecular flexibility index (Phi) is 6.64. The van der Waals surface area contributed by atoms with Gasteiger partial charge in [-0.25, -0.2) is 9.78 Å². The van der Waals surface area contributed by atoms with Crippen molar-refractivity contribution in [3.63, 3.8) is 0 Å². The SMILES string of the molecule is O=C(C[C@H](Cc1ccccc1)C(=O)N[C@H](Cc1c[nH]cn1)C(=O)O)c1cc2ccccc2o1. The van der Waals surface area contributed by atoms with Crippen molar-refractivity contribution in [3.8, 4) is 0 Å². The van der Waals surface area contributed by atoms with Crippen LogP contribution in [0.1, 0.15) is 28.2 Å². The number of aliphatic carboxylic acids is 1. The van der Waals surface area contributed by atoms with Crippen LogP contribution in [-0.2, 0) is 22.4 Å². The number of nitrogens with one attached hydrogen (secondary N) is 2. The van der Waals surface area contributed by atoms with E-state index in [1.165, 1.54) is 6.33 Å². The van der Waals surface area contributed by atoms with Gasteiger partial charge in [0.05, 0.1) is 12.0 Å². The van der Waals surface area contributed by atoms with Crippen molar-refractivity contribution in [2.45, 2.75) is 25.3 Å². The predicted octanol–water partition coefficient (Wildman–Crippen LogP) is 3.40. The van der Waals surface area contributed by atoms with Gasteiger partial charge >= 0.3 is 5.97 Å². The second-order valence-electron chi connectivity index (χ2n) is 7.83. The number of rotatable bonds is 10. The molecule has 2 heterocycles. The number of carbonyl (C=O) groups excluding carboxylic acids is 2. The quantitative estimate of drug-likeness (QED) is 0.321. The Morgan fingerprint density at radius 3 is 2.48 bits per heavy atom. The summed E-state index contributed by atoms with van der Waals surface area (Å²) >= 11 is 0. The summed E-state index contributed by atoms with van der Waals surface area (Å²) in [5.74, 6) is -2.59. The van der Waals surface area contributed by atoms with Crippen LogP contribution in [0.25, 0.3) is 11.0 Å². The smallest absolute Gasteiger partial charge is 0.326 e. The Morgan fingerprint density at radius 1 is 1.03 bits per heavy atom. The molecule has 0 fully saturated rings. The molecule has 0 unspecified atom stereocenters. The molecule has 8 nitrogen and oxygen atoms in total. The molecular weight excluding hydrogens is 422 g/mol. The normalized spacial score (nSPS) is 12.8. The number of fused-ring (bicyclic) bond motifs is 1. The van der Waals surface area contributed by atoms with E-state index in [0.717, 1.165) is 10.9 Å². The molecule has 2 aromatic carbocycles. The molecule has 0 aliphatic carbocycles. The summed E-state index contributed by atoms with van der Waals surface area (Å²) in [6.07, 6.45) is 3.22. The topological polar surface area (TPSA) is 125 Å². The van der Waals surface area contributed by atoms with Crippen LogP contribution in [-0.4, -0.2) is 38.8 Å². The molecule has 4 aromatic rings. The number of carbonyl (C=O) groups is 3. The molecule has 0 saturated carbocycles. The van der Waals surface area contributed by atoms with E-state index >= 15 is 0 Å². The molecule has 0 radical (unpaired) electrons. The van der Waals surface area contributed by atoms with Crippen LogP contribution >= 0.6 is 0 Å². The molecule has 0 aliphatic heterocycles. The van der Waals surface area contributed by atoms with E-state index in [1.807, 2.05) is 48.5 Å². The molecule has 8 heteroatoms. The van der Waals surface area contributed by atoms with Gasteiger partial charge in [-0.15, -0.1) is 0 Å². The van der Waals surface area contributed by atoms with Crippen molar-refractivity contribution in [3.05, 3.63) is 90.2 Å². The number of imidazole rings is 1. The highest BCUT2D eigenvalue weighted by atomic mass is 16.4. The highest BCUT2D eigenvalue weighted by Crippen LogP contribution is 2.23. The highest BCUT2D eigenvalue weighted by Gasteiger charge is 2.29. The molecule has 0 bridgehead atoms. The van der Waals surface area contributed by atoms with Crippen molar-refractivity contribution in [2.24, 2.45) is 5.92 Å². The number of hydrogen-bond acceptors (Lipinski definition) is 5. The van der Waals surface area contributed by atoms with E-state index in [0.29, 0.717) is 11.3 Å². The van der Waals surface area contributed by atoms with E-state index in [4.69, 9.17) is 4.42 Å². The van der Waals surface area contributed by atoms with Crippen molar-refractivity contribution >= 4 is 28.6 Å². The minimum absolute atomic E-state index is 0.0279. The molecule has 2 atom stereocenters. The minimum Gasteiger partial charge on any atom is -0.480 e. The van der Waals surface area contributed by atoms with Gasteiger partial charge in [0, 0.05) is 30.3 Å². The van der Waals surface area contributed by atoms with Crippen LogP contribution in [0.3, 0.4) is 0 Å². The van der Waals surface area contributed by atoms with Gasteiger partial charge < -0.3 is 19.8 Å². The van der Waals surface area contributed by atoms with E-state index in [2.05, 4.69) is 15.3 Å². The second-order valence-corrected chi connectivity index (χ2v) is 7.83. The Hall–Kier alpha value is -4.20. The van der Waals surface area contributed by atoms with Gasteiger partial charge in [-0.05, 0) is 24.1 Å². The molecule has 168 valence electrons. The van der Waals surface area contributed by atoms with Gasteiger partial charge in [0.15, 0.2) is 11.5 Å². The molecule has 1 amide bonds. The molecule has 3 N–H and O–H groups in total. The largest absolute Gasteiger partial charge is 0.480 e. The number of carboxylic acids is 1. The number of furan rings is 1. The molecular formula is C25H23N3O5. The number of ketones is 1. The van der Waals surface area contributed by atoms with Crippen LogP contribution in [0.15, 0.2) is 77.6 Å². The Bertz CT molecular complexity index is 1210. The highest BCUT2D eigenvalue weighted by molar-refractivity contribution is 6.00. The van der Waals surface area contributed by atoms with Crippen molar-refractivity contribution in [2.75, 3.05) is 0 Å². The maximum Gasteiger partial charge on any atom is 0.326 e. The number of benzene rings is 2. The lowest BCUT2D eigenvalue weighted by Gasteiger charge is -2.19. The van der Waals surface area contributed by atoms with Crippen LogP contribution in [0.4, 0.5) is 0 Å². The molecule has 0 saturated heterocycles. The number of amides is 1. The lowest BCUT2D eigenvalue weighted by atomic mass is 9.92. The van der Waals surface area contributed by atoms with Gasteiger partial charge in [-0.3, -0.25) is 9.59 Å². The summed E-state index contributed by atoms with van der Waals surface area (Å²) in [6.45, 7) is 0. The molecule has 33 heavy (non-hydrogen) atoms. The molecule has 0 spiro atoms. The van der Waals surface area contributed by atoms with Crippen LogP contribution in [0.5, 0.6) is 0 Å². The third-order valence-electron chi connectivity index (χ3n) is 5.41. The molecule has 4 rings (SSSR count). The number of Topliss-reactive ketones (excluding diaryl/α,β-unsaturated/α-hetero) is 1. The Morgan fingerprint density at radius 2 is 1.79 bits per heavy atom. The summed E-state index contributed by atoms with van der Waals surface area (Å²) < 4.78 is 5.66. The fourth-order valence-corrected chi connectivity index (χ4v) is 3.70. The zero-order valence-electron chi connectivity index (χ0n) is 17.7. The number of aromatic nitrogens is 2. The fourth-order valence-electron chi connectivity index (χ4n) is 3.70. The van der Waals surface area contributed by atoms with Gasteiger partial charge in [0.25, 0.3) is 0 Å². The van der Waals surface area contributed by atoms with Crippen molar-refractivity contribution < 1.29 is 23.9 Å². The Labute approximate surface area is 189 Å². The number of hydrogen-bond donors (Lipinski definition) is 3. The van der Waals surface area contributed by atoms with Gasteiger partial charge in [0.1, 0.15) is 11.6 Å². The Balaban J connectivity index is 1.53. The number of aromatic amines is 1. The van der Waals surface area contributed by atoms with Crippen LogP contribution in [0.2, 0.25) is 0 Å². The van der Waals surface area contributed by atoms with E-state index in [9.17, 15) is 19.5 Å². The maximum atomic E-state index is 13.1. The zero-order chi connectivity index (χ0) is 23.2.